The number of aliphatic hydroxyl groups excluding tert-OH is 1. The quantitative estimate of drug-likeness (QED) is 0.403. The zero-order valence-electron chi connectivity index (χ0n) is 15.5. The molecule has 0 saturated heterocycles. The van der Waals surface area contributed by atoms with Crippen LogP contribution in [-0.2, 0) is 11.2 Å². The summed E-state index contributed by atoms with van der Waals surface area (Å²) in [6.07, 6.45) is 5.10. The zero-order valence-corrected chi connectivity index (χ0v) is 15.5. The fourth-order valence-electron chi connectivity index (χ4n) is 2.58. The van der Waals surface area contributed by atoms with E-state index in [0.717, 1.165) is 30.6 Å². The summed E-state index contributed by atoms with van der Waals surface area (Å²) >= 11 is 0. The highest BCUT2D eigenvalue weighted by Crippen LogP contribution is 2.22. The van der Waals surface area contributed by atoms with Gasteiger partial charge in [0.2, 0.25) is 0 Å². The van der Waals surface area contributed by atoms with Crippen molar-refractivity contribution in [3.05, 3.63) is 52.9 Å². The molecule has 0 unspecified atom stereocenters. The Balaban J connectivity index is 2.14. The van der Waals surface area contributed by atoms with E-state index in [-0.39, 0.29) is 12.3 Å². The van der Waals surface area contributed by atoms with Crippen molar-refractivity contribution >= 4 is 17.1 Å². The second-order valence-corrected chi connectivity index (χ2v) is 6.21. The van der Waals surface area contributed by atoms with Gasteiger partial charge in [0.15, 0.2) is 0 Å². The van der Waals surface area contributed by atoms with Crippen LogP contribution in [0.25, 0.3) is 0 Å². The molecule has 1 aliphatic carbocycles. The van der Waals surface area contributed by atoms with Crippen LogP contribution in [0.4, 0.5) is 5.69 Å². The van der Waals surface area contributed by atoms with Crippen LogP contribution in [0.5, 0.6) is 0 Å². The van der Waals surface area contributed by atoms with Crippen molar-refractivity contribution in [1.29, 1.82) is 5.41 Å². The van der Waals surface area contributed by atoms with E-state index >= 15 is 0 Å². The van der Waals surface area contributed by atoms with E-state index in [9.17, 15) is 0 Å². The van der Waals surface area contributed by atoms with Crippen LogP contribution in [-0.4, -0.2) is 42.8 Å². The monoisotopic (exact) mass is 356 g/mol. The Morgan fingerprint density at radius 2 is 2.08 bits per heavy atom. The average molecular weight is 356 g/mol. The molecule has 0 spiro atoms. The summed E-state index contributed by atoms with van der Waals surface area (Å²) in [5, 5.41) is 20.1. The molecule has 0 atom stereocenters. The summed E-state index contributed by atoms with van der Waals surface area (Å²) in [6.45, 7) is 6.21. The van der Waals surface area contributed by atoms with E-state index in [4.69, 9.17) is 21.0 Å². The largest absolute Gasteiger partial charge is 0.491 e. The van der Waals surface area contributed by atoms with Crippen molar-refractivity contribution in [2.75, 3.05) is 26.3 Å². The van der Waals surface area contributed by atoms with Gasteiger partial charge in [0, 0.05) is 12.6 Å². The van der Waals surface area contributed by atoms with Crippen LogP contribution in [0.1, 0.15) is 24.5 Å². The second-order valence-electron chi connectivity index (χ2n) is 6.21. The van der Waals surface area contributed by atoms with Crippen molar-refractivity contribution in [1.82, 2.24) is 5.32 Å². The summed E-state index contributed by atoms with van der Waals surface area (Å²) in [6, 6.07) is 6.12. The van der Waals surface area contributed by atoms with Gasteiger partial charge in [0.1, 0.15) is 5.76 Å². The van der Waals surface area contributed by atoms with Gasteiger partial charge < -0.3 is 20.9 Å². The Bertz CT molecular complexity index is 735. The second kappa shape index (κ2) is 9.89. The number of aryl methyl sites for hydroxylation is 1. The minimum atomic E-state index is 0.151. The number of nitrogens with one attached hydrogen (secondary N) is 2. The molecular weight excluding hydrogens is 328 g/mol. The van der Waals surface area contributed by atoms with Crippen LogP contribution in [0.15, 0.2) is 46.8 Å². The number of hydrogen-bond acceptors (Lipinski definition) is 6. The van der Waals surface area contributed by atoms with Gasteiger partial charge in [-0.05, 0) is 49.6 Å². The molecule has 1 aliphatic rings. The number of nitrogens with zero attached hydrogens (tertiary/aromatic N) is 1. The number of nitrogens with two attached hydrogens (primary N) is 1. The van der Waals surface area contributed by atoms with E-state index in [2.05, 4.69) is 16.4 Å². The smallest absolute Gasteiger partial charge is 0.144 e. The number of allylic oxidation sites excluding steroid dienone is 2. The van der Waals surface area contributed by atoms with E-state index in [1.807, 2.05) is 26.0 Å². The normalized spacial score (nSPS) is 15.8. The Morgan fingerprint density at radius 1 is 1.27 bits per heavy atom. The molecule has 0 saturated carbocycles. The van der Waals surface area contributed by atoms with Gasteiger partial charge in [-0.1, -0.05) is 19.1 Å². The SMILES string of the molecule is CCCOC1=CC(=Nc2ccc(CCNCCO)cc2C)C(=N)C=C1N. The van der Waals surface area contributed by atoms with Crippen LogP contribution < -0.4 is 11.1 Å². The molecule has 6 nitrogen and oxygen atoms in total. The summed E-state index contributed by atoms with van der Waals surface area (Å²) in [4.78, 5) is 4.63. The third-order valence-electron chi connectivity index (χ3n) is 3.97. The number of benzene rings is 1. The van der Waals surface area contributed by atoms with Gasteiger partial charge in [0.25, 0.3) is 0 Å². The first-order valence-corrected chi connectivity index (χ1v) is 8.96. The molecule has 26 heavy (non-hydrogen) atoms. The van der Waals surface area contributed by atoms with E-state index < -0.39 is 0 Å². The number of ether oxygens (including phenoxy) is 1. The van der Waals surface area contributed by atoms with Gasteiger partial charge in [-0.2, -0.15) is 0 Å². The summed E-state index contributed by atoms with van der Waals surface area (Å²) in [5.74, 6) is 0.575. The lowest BCUT2D eigenvalue weighted by molar-refractivity contribution is 0.220. The van der Waals surface area contributed by atoms with Gasteiger partial charge in [-0.25, -0.2) is 4.99 Å². The zero-order chi connectivity index (χ0) is 18.9. The molecule has 6 heteroatoms. The molecule has 0 fully saturated rings. The number of aliphatic hydroxyl groups is 1. The minimum absolute atomic E-state index is 0.151. The molecule has 0 aromatic heterocycles. The van der Waals surface area contributed by atoms with Gasteiger partial charge in [-0.3, -0.25) is 5.41 Å². The maximum Gasteiger partial charge on any atom is 0.144 e. The van der Waals surface area contributed by atoms with Crippen molar-refractivity contribution in [3.8, 4) is 0 Å². The Morgan fingerprint density at radius 3 is 2.77 bits per heavy atom. The molecule has 0 amide bonds. The van der Waals surface area contributed by atoms with Crippen LogP contribution >= 0.6 is 0 Å². The molecule has 0 radical (unpaired) electrons. The van der Waals surface area contributed by atoms with E-state index in [1.54, 1.807) is 12.2 Å². The minimum Gasteiger partial charge on any atom is -0.491 e. The fraction of sp³-hybridized carbons (Fsp3) is 0.400. The van der Waals surface area contributed by atoms with Gasteiger partial charge in [0.05, 0.1) is 36.0 Å². The number of hydrogen-bond donors (Lipinski definition) is 4. The average Bonchev–Trinajstić information content (AvgIpc) is 2.62. The molecule has 5 N–H and O–H groups in total. The first kappa shape index (κ1) is 19.9. The molecule has 140 valence electrons. The standard InChI is InChI=1S/C20H28N4O2/c1-3-10-26-20-13-19(16(21)12-17(20)22)24-18-5-4-15(11-14(18)2)6-7-23-8-9-25/h4-5,11-13,21,23,25H,3,6-10,22H2,1-2H3. The molecule has 2 rings (SSSR count). The first-order chi connectivity index (χ1) is 12.5. The summed E-state index contributed by atoms with van der Waals surface area (Å²) in [7, 11) is 0. The molecule has 0 aliphatic heterocycles. The van der Waals surface area contributed by atoms with E-state index in [0.29, 0.717) is 30.3 Å². The molecule has 1 aromatic carbocycles. The predicted molar refractivity (Wildman–Crippen MR) is 106 cm³/mol. The topological polar surface area (TPSA) is 104 Å². The number of rotatable bonds is 9. The Labute approximate surface area is 155 Å². The molecular formula is C20H28N4O2. The van der Waals surface area contributed by atoms with Crippen molar-refractivity contribution in [2.24, 2.45) is 10.7 Å². The number of aliphatic imine (C=N–C) groups is 1. The van der Waals surface area contributed by atoms with Gasteiger partial charge in [-0.15, -0.1) is 0 Å². The molecule has 1 aromatic rings. The highest BCUT2D eigenvalue weighted by atomic mass is 16.5. The van der Waals surface area contributed by atoms with Crippen LogP contribution in [0.2, 0.25) is 0 Å². The lowest BCUT2D eigenvalue weighted by atomic mass is 10.0. The first-order valence-electron chi connectivity index (χ1n) is 8.96. The van der Waals surface area contributed by atoms with Crippen LogP contribution in [0, 0.1) is 12.3 Å². The van der Waals surface area contributed by atoms with E-state index in [1.165, 1.54) is 5.56 Å². The third-order valence-corrected chi connectivity index (χ3v) is 3.97. The summed E-state index contributed by atoms with van der Waals surface area (Å²) < 4.78 is 5.64. The summed E-state index contributed by atoms with van der Waals surface area (Å²) in [5.41, 5.74) is 10.3. The van der Waals surface area contributed by atoms with Gasteiger partial charge >= 0.3 is 0 Å². The van der Waals surface area contributed by atoms with Crippen molar-refractivity contribution in [2.45, 2.75) is 26.7 Å². The Kier molecular flexibility index (Phi) is 7.56. The van der Waals surface area contributed by atoms with Crippen molar-refractivity contribution < 1.29 is 9.84 Å². The Hall–Kier alpha value is -2.44. The molecule has 0 bridgehead atoms. The maximum atomic E-state index is 8.78. The highest BCUT2D eigenvalue weighted by molar-refractivity contribution is 6.50. The van der Waals surface area contributed by atoms with Crippen LogP contribution in [0.3, 0.4) is 0 Å². The van der Waals surface area contributed by atoms with Crippen molar-refractivity contribution in [3.63, 3.8) is 0 Å². The lowest BCUT2D eigenvalue weighted by Gasteiger charge is -2.15. The highest BCUT2D eigenvalue weighted by Gasteiger charge is 2.15. The predicted octanol–water partition coefficient (Wildman–Crippen LogP) is 2.38. The lowest BCUT2D eigenvalue weighted by Crippen LogP contribution is -2.20. The molecule has 0 heterocycles. The third kappa shape index (κ3) is 5.54. The maximum absolute atomic E-state index is 8.78. The fourth-order valence-corrected chi connectivity index (χ4v) is 2.58.